The van der Waals surface area contributed by atoms with E-state index in [0.29, 0.717) is 6.41 Å². The van der Waals surface area contributed by atoms with Crippen molar-refractivity contribution in [2.75, 3.05) is 24.9 Å². The molecule has 0 saturated heterocycles. The molecule has 31 heavy (non-hydrogen) atoms. The van der Waals surface area contributed by atoms with E-state index in [4.69, 9.17) is 0 Å². The average Bonchev–Trinajstić information content (AvgIpc) is 2.75. The van der Waals surface area contributed by atoms with E-state index < -0.39 is 33.8 Å². The van der Waals surface area contributed by atoms with E-state index in [1.807, 2.05) is 0 Å². The van der Waals surface area contributed by atoms with Gasteiger partial charge in [0.05, 0.1) is 35.4 Å². The molecule has 3 N–H and O–H groups in total. The van der Waals surface area contributed by atoms with Crippen molar-refractivity contribution in [3.63, 3.8) is 0 Å². The van der Waals surface area contributed by atoms with Crippen molar-refractivity contribution >= 4 is 45.8 Å². The van der Waals surface area contributed by atoms with Gasteiger partial charge in [0.15, 0.2) is 0 Å². The lowest BCUT2D eigenvalue weighted by molar-refractivity contribution is -0.105. The second kappa shape index (κ2) is 10.2. The molecular weight excluding hydrogens is 435 g/mol. The number of alkyl carbamates (subject to hydrolysis) is 1. The molecule has 13 heteroatoms. The highest BCUT2D eigenvalue weighted by molar-refractivity contribution is 7.91. The zero-order chi connectivity index (χ0) is 23.0. The van der Waals surface area contributed by atoms with Gasteiger partial charge in [0, 0.05) is 0 Å². The maximum atomic E-state index is 13.1. The molecule has 11 nitrogen and oxygen atoms in total. The molecule has 0 spiro atoms. The Kier molecular flexibility index (Phi) is 7.63. The van der Waals surface area contributed by atoms with Crippen LogP contribution in [0.5, 0.6) is 0 Å². The van der Waals surface area contributed by atoms with Crippen molar-refractivity contribution in [3.05, 3.63) is 48.3 Å². The first-order chi connectivity index (χ1) is 14.7. The maximum Gasteiger partial charge on any atom is 0.436 e. The first-order valence-electron chi connectivity index (χ1n) is 8.34. The van der Waals surface area contributed by atoms with Crippen LogP contribution in [0.1, 0.15) is 0 Å². The molecule has 0 saturated carbocycles. The van der Waals surface area contributed by atoms with Gasteiger partial charge in [-0.2, -0.15) is 0 Å². The molecule has 0 aromatic heterocycles. The number of ether oxygens (including phenoxy) is 2. The van der Waals surface area contributed by atoms with Gasteiger partial charge in [0.2, 0.25) is 22.2 Å². The number of halogens is 1. The summed E-state index contributed by atoms with van der Waals surface area (Å²) in [6.45, 7) is 0. The lowest BCUT2D eigenvalue weighted by atomic mass is 10.2. The van der Waals surface area contributed by atoms with Crippen LogP contribution in [0, 0.1) is 5.82 Å². The fourth-order valence-electron chi connectivity index (χ4n) is 2.23. The third-order valence-corrected chi connectivity index (χ3v) is 5.44. The second-order valence-electron chi connectivity index (χ2n) is 5.60. The van der Waals surface area contributed by atoms with Crippen molar-refractivity contribution in [1.82, 2.24) is 5.32 Å². The van der Waals surface area contributed by atoms with Crippen LogP contribution in [-0.4, -0.2) is 47.2 Å². The van der Waals surface area contributed by atoms with Gasteiger partial charge >= 0.3 is 12.2 Å². The summed E-state index contributed by atoms with van der Waals surface area (Å²) in [5.74, 6) is -1.01. The van der Waals surface area contributed by atoms with Gasteiger partial charge in [-0.15, -0.1) is 4.99 Å². The zero-order valence-electron chi connectivity index (χ0n) is 16.2. The SMILES string of the molecule is COC(=O)/N=C(/NC(=O)OC)Nc1ccc(S(=O)(=O)c2ccc(F)cc2)cc1NC=O. The average molecular weight is 452 g/mol. The molecule has 2 aromatic carbocycles. The summed E-state index contributed by atoms with van der Waals surface area (Å²) in [6, 6.07) is 7.79. The summed E-state index contributed by atoms with van der Waals surface area (Å²) < 4.78 is 47.5. The Bertz CT molecular complexity index is 1120. The Balaban J connectivity index is 2.46. The lowest BCUT2D eigenvalue weighted by Crippen LogP contribution is -2.36. The summed E-state index contributed by atoms with van der Waals surface area (Å²) in [6.07, 6.45) is -1.73. The van der Waals surface area contributed by atoms with Gasteiger partial charge in [-0.05, 0) is 42.5 Å². The van der Waals surface area contributed by atoms with Crippen LogP contribution in [-0.2, 0) is 24.1 Å². The van der Waals surface area contributed by atoms with E-state index in [9.17, 15) is 27.2 Å². The molecule has 0 radical (unpaired) electrons. The number of hydrogen-bond donors (Lipinski definition) is 3. The molecule has 0 fully saturated rings. The predicted molar refractivity (Wildman–Crippen MR) is 107 cm³/mol. The number of hydrogen-bond acceptors (Lipinski definition) is 7. The Morgan fingerprint density at radius 2 is 1.65 bits per heavy atom. The molecule has 0 aliphatic carbocycles. The fraction of sp³-hybridized carbons (Fsp3) is 0.111. The van der Waals surface area contributed by atoms with Gasteiger partial charge in [-0.25, -0.2) is 22.4 Å². The van der Waals surface area contributed by atoms with Crippen molar-refractivity contribution in [2.24, 2.45) is 4.99 Å². The highest BCUT2D eigenvalue weighted by Gasteiger charge is 2.20. The van der Waals surface area contributed by atoms with Crippen LogP contribution < -0.4 is 16.0 Å². The molecular formula is C18H17FN4O7S. The summed E-state index contributed by atoms with van der Waals surface area (Å²) in [7, 11) is -1.88. The quantitative estimate of drug-likeness (QED) is 0.270. The molecule has 0 bridgehead atoms. The normalized spacial score (nSPS) is 11.3. The Morgan fingerprint density at radius 1 is 1.00 bits per heavy atom. The number of nitrogens with one attached hydrogen (secondary N) is 3. The van der Waals surface area contributed by atoms with Crippen LogP contribution in [0.15, 0.2) is 57.2 Å². The first kappa shape index (κ1) is 23.3. The van der Waals surface area contributed by atoms with E-state index >= 15 is 0 Å². The number of methoxy groups -OCH3 is 2. The number of benzene rings is 2. The molecule has 164 valence electrons. The largest absolute Gasteiger partial charge is 0.453 e. The monoisotopic (exact) mass is 452 g/mol. The van der Waals surface area contributed by atoms with Crippen LogP contribution in [0.25, 0.3) is 0 Å². The van der Waals surface area contributed by atoms with Gasteiger partial charge in [-0.1, -0.05) is 0 Å². The third kappa shape index (κ3) is 5.99. The lowest BCUT2D eigenvalue weighted by Gasteiger charge is -2.15. The standard InChI is InChI=1S/C18H17FN4O7S/c1-29-17(25)22-16(23-18(26)30-2)21-14-8-7-13(9-15(14)20-10-24)31(27,28)12-5-3-11(19)4-6-12/h3-10H,1-2H3,(H,20,24)(H2,21,22,23,25,26). The van der Waals surface area contributed by atoms with Crippen LogP contribution in [0.3, 0.4) is 0 Å². The smallest absolute Gasteiger partial charge is 0.436 e. The maximum absolute atomic E-state index is 13.1. The molecule has 3 amide bonds. The number of carbonyl (C=O) groups is 3. The minimum atomic E-state index is -4.03. The number of amides is 3. The van der Waals surface area contributed by atoms with Gasteiger partial charge in [-0.3, -0.25) is 10.1 Å². The number of nitrogens with zero attached hydrogens (tertiary/aromatic N) is 1. The number of aliphatic imine (C=N–C) groups is 1. The van der Waals surface area contributed by atoms with Crippen LogP contribution in [0.4, 0.5) is 25.4 Å². The number of rotatable bonds is 5. The van der Waals surface area contributed by atoms with E-state index in [2.05, 4.69) is 30.4 Å². The van der Waals surface area contributed by atoms with E-state index in [0.717, 1.165) is 44.6 Å². The molecule has 2 rings (SSSR count). The van der Waals surface area contributed by atoms with E-state index in [1.54, 1.807) is 0 Å². The van der Waals surface area contributed by atoms with Crippen molar-refractivity contribution in [1.29, 1.82) is 0 Å². The summed E-state index contributed by atoms with van der Waals surface area (Å²) >= 11 is 0. The predicted octanol–water partition coefficient (Wildman–Crippen LogP) is 2.12. The zero-order valence-corrected chi connectivity index (χ0v) is 17.0. The van der Waals surface area contributed by atoms with Crippen LogP contribution in [0.2, 0.25) is 0 Å². The van der Waals surface area contributed by atoms with Crippen LogP contribution >= 0.6 is 0 Å². The molecule has 2 aromatic rings. The fourth-order valence-corrected chi connectivity index (χ4v) is 3.52. The molecule has 0 heterocycles. The Labute approximate surface area is 176 Å². The van der Waals surface area contributed by atoms with Gasteiger partial charge < -0.3 is 20.1 Å². The second-order valence-corrected chi connectivity index (χ2v) is 7.55. The molecule has 0 aliphatic rings. The van der Waals surface area contributed by atoms with Crippen molar-refractivity contribution in [2.45, 2.75) is 9.79 Å². The van der Waals surface area contributed by atoms with Gasteiger partial charge in [0.1, 0.15) is 5.82 Å². The summed E-state index contributed by atoms with van der Waals surface area (Å²) in [5, 5.41) is 7.00. The van der Waals surface area contributed by atoms with Crippen molar-refractivity contribution in [3.8, 4) is 0 Å². The summed E-state index contributed by atoms with van der Waals surface area (Å²) in [5.41, 5.74) is 0.0478. The highest BCUT2D eigenvalue weighted by Crippen LogP contribution is 2.29. The Hall–Kier alpha value is -4.00. The number of sulfone groups is 1. The molecule has 0 unspecified atom stereocenters. The molecule has 0 aliphatic heterocycles. The topological polar surface area (TPSA) is 152 Å². The number of guanidine groups is 1. The summed E-state index contributed by atoms with van der Waals surface area (Å²) in [4.78, 5) is 37.0. The highest BCUT2D eigenvalue weighted by atomic mass is 32.2. The van der Waals surface area contributed by atoms with Gasteiger partial charge in [0.25, 0.3) is 0 Å². The Morgan fingerprint density at radius 3 is 2.23 bits per heavy atom. The third-order valence-electron chi connectivity index (χ3n) is 3.68. The number of carbonyl (C=O) groups excluding carboxylic acids is 3. The number of anilines is 2. The van der Waals surface area contributed by atoms with Crippen molar-refractivity contribution < 1.29 is 36.7 Å². The first-order valence-corrected chi connectivity index (χ1v) is 9.83. The molecule has 0 atom stereocenters. The van der Waals surface area contributed by atoms with E-state index in [1.165, 1.54) is 12.1 Å². The minimum absolute atomic E-state index is 0.0255. The minimum Gasteiger partial charge on any atom is -0.453 e. The van der Waals surface area contributed by atoms with E-state index in [-0.39, 0.29) is 21.2 Å².